The summed E-state index contributed by atoms with van der Waals surface area (Å²) in [6.45, 7) is 0. The van der Waals surface area contributed by atoms with Crippen molar-refractivity contribution in [2.24, 2.45) is 0 Å². The van der Waals surface area contributed by atoms with Crippen molar-refractivity contribution in [1.82, 2.24) is 4.98 Å². The molecule has 0 radical (unpaired) electrons. The molecule has 0 saturated carbocycles. The fraction of sp³-hybridized carbons (Fsp3) is 0.0526. The van der Waals surface area contributed by atoms with Gasteiger partial charge in [-0.2, -0.15) is 5.26 Å². The van der Waals surface area contributed by atoms with Gasteiger partial charge in [-0.05, 0) is 34.9 Å². The van der Waals surface area contributed by atoms with E-state index in [0.29, 0.717) is 23.7 Å². The lowest BCUT2D eigenvalue weighted by molar-refractivity contribution is 0.463. The minimum atomic E-state index is 0.415. The fourth-order valence-electron chi connectivity index (χ4n) is 2.24. The maximum absolute atomic E-state index is 8.79. The summed E-state index contributed by atoms with van der Waals surface area (Å²) in [4.78, 5) is 4.11. The molecule has 0 bridgehead atoms. The standard InChI is InChI=1S/C19H15N3O/c20-11-10-14-2-1-3-16(12-14)15-4-7-18(8-5-15)23-19-9-6-17(21)13-22-19/h1-9,12-13H,10,21H2. The van der Waals surface area contributed by atoms with E-state index < -0.39 is 0 Å². The van der Waals surface area contributed by atoms with Gasteiger partial charge >= 0.3 is 0 Å². The van der Waals surface area contributed by atoms with E-state index in [-0.39, 0.29) is 0 Å². The molecule has 0 unspecified atom stereocenters. The Kier molecular flexibility index (Phi) is 4.21. The number of nitrogens with zero attached hydrogens (tertiary/aromatic N) is 2. The summed E-state index contributed by atoms with van der Waals surface area (Å²) in [5.74, 6) is 1.21. The summed E-state index contributed by atoms with van der Waals surface area (Å²) in [6.07, 6.45) is 1.97. The molecule has 1 aromatic heterocycles. The lowest BCUT2D eigenvalue weighted by atomic mass is 10.0. The summed E-state index contributed by atoms with van der Waals surface area (Å²) in [7, 11) is 0. The first kappa shape index (κ1) is 14.6. The maximum atomic E-state index is 8.79. The van der Waals surface area contributed by atoms with Gasteiger partial charge in [0.05, 0.1) is 24.4 Å². The van der Waals surface area contributed by atoms with Gasteiger partial charge in [-0.3, -0.25) is 0 Å². The van der Waals surface area contributed by atoms with Crippen molar-refractivity contribution in [1.29, 1.82) is 5.26 Å². The SMILES string of the molecule is N#CCc1cccc(-c2ccc(Oc3ccc(N)cn3)cc2)c1. The number of benzene rings is 2. The molecule has 4 heteroatoms. The maximum Gasteiger partial charge on any atom is 0.219 e. The molecule has 3 rings (SSSR count). The number of ether oxygens (including phenoxy) is 1. The zero-order chi connectivity index (χ0) is 16.1. The van der Waals surface area contributed by atoms with Crippen LogP contribution in [0, 0.1) is 11.3 Å². The minimum absolute atomic E-state index is 0.415. The molecule has 0 fully saturated rings. The Balaban J connectivity index is 1.78. The molecular weight excluding hydrogens is 286 g/mol. The Hall–Kier alpha value is -3.32. The highest BCUT2D eigenvalue weighted by molar-refractivity contribution is 5.65. The summed E-state index contributed by atoms with van der Waals surface area (Å²) in [5.41, 5.74) is 9.36. The molecule has 0 atom stereocenters. The summed E-state index contributed by atoms with van der Waals surface area (Å²) < 4.78 is 5.68. The molecule has 2 aromatic carbocycles. The van der Waals surface area contributed by atoms with Crippen molar-refractivity contribution in [3.63, 3.8) is 0 Å². The van der Waals surface area contributed by atoms with Crippen molar-refractivity contribution in [3.8, 4) is 28.8 Å². The third kappa shape index (κ3) is 3.66. The molecule has 23 heavy (non-hydrogen) atoms. The van der Waals surface area contributed by atoms with Gasteiger partial charge in [0.15, 0.2) is 0 Å². The second kappa shape index (κ2) is 6.63. The first-order valence-corrected chi connectivity index (χ1v) is 7.20. The van der Waals surface area contributed by atoms with Gasteiger partial charge in [0.2, 0.25) is 5.88 Å². The van der Waals surface area contributed by atoms with Gasteiger partial charge in [0.25, 0.3) is 0 Å². The minimum Gasteiger partial charge on any atom is -0.439 e. The average molecular weight is 301 g/mol. The molecule has 0 saturated heterocycles. The molecule has 2 N–H and O–H groups in total. The third-order valence-electron chi connectivity index (χ3n) is 3.38. The smallest absolute Gasteiger partial charge is 0.219 e. The summed E-state index contributed by atoms with van der Waals surface area (Å²) in [5, 5.41) is 8.79. The number of nitrogen functional groups attached to an aromatic ring is 1. The molecule has 4 nitrogen and oxygen atoms in total. The topological polar surface area (TPSA) is 71.9 Å². The number of pyridine rings is 1. The Bertz CT molecular complexity index is 834. The van der Waals surface area contributed by atoms with Crippen LogP contribution in [0.5, 0.6) is 11.6 Å². The highest BCUT2D eigenvalue weighted by Crippen LogP contribution is 2.25. The van der Waals surface area contributed by atoms with E-state index in [0.717, 1.165) is 16.7 Å². The second-order valence-corrected chi connectivity index (χ2v) is 5.09. The largest absolute Gasteiger partial charge is 0.439 e. The quantitative estimate of drug-likeness (QED) is 0.784. The van der Waals surface area contributed by atoms with E-state index in [4.69, 9.17) is 15.7 Å². The Labute approximate surface area is 134 Å². The van der Waals surface area contributed by atoms with Crippen LogP contribution in [0.3, 0.4) is 0 Å². The van der Waals surface area contributed by atoms with Crippen LogP contribution in [0.4, 0.5) is 5.69 Å². The highest BCUT2D eigenvalue weighted by Gasteiger charge is 2.02. The monoisotopic (exact) mass is 301 g/mol. The van der Waals surface area contributed by atoms with Crippen LogP contribution in [0.1, 0.15) is 5.56 Å². The molecule has 0 aliphatic carbocycles. The van der Waals surface area contributed by atoms with Crippen LogP contribution in [0.25, 0.3) is 11.1 Å². The Morgan fingerprint density at radius 1 is 1.00 bits per heavy atom. The molecule has 1 heterocycles. The zero-order valence-electron chi connectivity index (χ0n) is 12.4. The number of rotatable bonds is 4. The lowest BCUT2D eigenvalue weighted by Gasteiger charge is -2.07. The normalized spacial score (nSPS) is 10.0. The molecule has 0 amide bonds. The van der Waals surface area contributed by atoms with Crippen LogP contribution in [0.2, 0.25) is 0 Å². The first-order valence-electron chi connectivity index (χ1n) is 7.20. The molecule has 0 aliphatic heterocycles. The van der Waals surface area contributed by atoms with Crippen LogP contribution >= 0.6 is 0 Å². The van der Waals surface area contributed by atoms with Crippen molar-refractivity contribution in [3.05, 3.63) is 72.4 Å². The zero-order valence-corrected chi connectivity index (χ0v) is 12.4. The number of anilines is 1. The first-order chi connectivity index (χ1) is 11.2. The Morgan fingerprint density at radius 2 is 1.83 bits per heavy atom. The van der Waals surface area contributed by atoms with Gasteiger partial charge in [-0.1, -0.05) is 36.4 Å². The second-order valence-electron chi connectivity index (χ2n) is 5.09. The van der Waals surface area contributed by atoms with Gasteiger partial charge in [-0.25, -0.2) is 4.98 Å². The van der Waals surface area contributed by atoms with Crippen molar-refractivity contribution < 1.29 is 4.74 Å². The number of nitriles is 1. The van der Waals surface area contributed by atoms with Crippen LogP contribution in [-0.4, -0.2) is 4.98 Å². The van der Waals surface area contributed by atoms with Gasteiger partial charge in [0, 0.05) is 6.07 Å². The lowest BCUT2D eigenvalue weighted by Crippen LogP contribution is -1.90. The van der Waals surface area contributed by atoms with Crippen molar-refractivity contribution in [2.45, 2.75) is 6.42 Å². The van der Waals surface area contributed by atoms with E-state index in [9.17, 15) is 0 Å². The van der Waals surface area contributed by atoms with Crippen LogP contribution < -0.4 is 10.5 Å². The van der Waals surface area contributed by atoms with Gasteiger partial charge in [0.1, 0.15) is 5.75 Å². The molecular formula is C19H15N3O. The predicted molar refractivity (Wildman–Crippen MR) is 89.9 cm³/mol. The fourth-order valence-corrected chi connectivity index (χ4v) is 2.24. The number of aromatic nitrogens is 1. The number of hydrogen-bond donors (Lipinski definition) is 1. The third-order valence-corrected chi connectivity index (χ3v) is 3.38. The van der Waals surface area contributed by atoms with Crippen LogP contribution in [0.15, 0.2) is 66.9 Å². The van der Waals surface area contributed by atoms with E-state index in [1.165, 1.54) is 0 Å². The number of nitrogens with two attached hydrogens (primary N) is 1. The number of hydrogen-bond acceptors (Lipinski definition) is 4. The summed E-state index contributed by atoms with van der Waals surface area (Å²) in [6, 6.07) is 21.4. The molecule has 3 aromatic rings. The average Bonchev–Trinajstić information content (AvgIpc) is 2.58. The van der Waals surface area contributed by atoms with E-state index in [1.54, 1.807) is 18.3 Å². The summed E-state index contributed by atoms with van der Waals surface area (Å²) >= 11 is 0. The van der Waals surface area contributed by atoms with Gasteiger partial charge in [-0.15, -0.1) is 0 Å². The predicted octanol–water partition coefficient (Wildman–Crippen LogP) is 4.19. The van der Waals surface area contributed by atoms with E-state index in [2.05, 4.69) is 11.1 Å². The highest BCUT2D eigenvalue weighted by atomic mass is 16.5. The Morgan fingerprint density at radius 3 is 2.52 bits per heavy atom. The van der Waals surface area contributed by atoms with Crippen molar-refractivity contribution >= 4 is 5.69 Å². The van der Waals surface area contributed by atoms with E-state index >= 15 is 0 Å². The van der Waals surface area contributed by atoms with Gasteiger partial charge < -0.3 is 10.5 Å². The molecule has 112 valence electrons. The van der Waals surface area contributed by atoms with E-state index in [1.807, 2.05) is 48.5 Å². The molecule has 0 aliphatic rings. The molecule has 0 spiro atoms. The van der Waals surface area contributed by atoms with Crippen molar-refractivity contribution in [2.75, 3.05) is 5.73 Å². The van der Waals surface area contributed by atoms with Crippen LogP contribution in [-0.2, 0) is 6.42 Å².